The summed E-state index contributed by atoms with van der Waals surface area (Å²) in [5.41, 5.74) is -0.860. The fourth-order valence-electron chi connectivity index (χ4n) is 3.10. The molecule has 0 aromatic carbocycles. The van der Waals surface area contributed by atoms with Gasteiger partial charge in [-0.2, -0.15) is 0 Å². The standard InChI is InChI=1S/C18H33NO4/c1-6-12(3)15(11-20)19-16(21)8-9-18(5)17(22)13(4)10-14(7-2)23-18/h8-9,12-15,17,20,22H,6-7,10-11H2,1-5H3,(H,19,21)/b9-8+/t12-,13-,14+,15+,17+,18-/m0/s1. The van der Waals surface area contributed by atoms with Crippen molar-refractivity contribution < 1.29 is 19.7 Å². The molecule has 134 valence electrons. The lowest BCUT2D eigenvalue weighted by atomic mass is 9.81. The van der Waals surface area contributed by atoms with Crippen LogP contribution in [0.1, 0.15) is 53.9 Å². The van der Waals surface area contributed by atoms with Gasteiger partial charge in [0.2, 0.25) is 5.91 Å². The third-order valence-electron chi connectivity index (χ3n) is 5.06. The third-order valence-corrected chi connectivity index (χ3v) is 5.06. The van der Waals surface area contributed by atoms with Gasteiger partial charge in [-0.1, -0.05) is 34.1 Å². The summed E-state index contributed by atoms with van der Waals surface area (Å²) in [5, 5.41) is 22.6. The van der Waals surface area contributed by atoms with E-state index in [1.54, 1.807) is 6.08 Å². The Kier molecular flexibility index (Phi) is 7.71. The van der Waals surface area contributed by atoms with Gasteiger partial charge in [-0.3, -0.25) is 4.79 Å². The number of rotatable bonds is 7. The Morgan fingerprint density at radius 2 is 2.13 bits per heavy atom. The van der Waals surface area contributed by atoms with E-state index in [0.29, 0.717) is 0 Å². The van der Waals surface area contributed by atoms with Crippen molar-refractivity contribution in [2.24, 2.45) is 11.8 Å². The zero-order valence-electron chi connectivity index (χ0n) is 15.1. The molecule has 5 nitrogen and oxygen atoms in total. The van der Waals surface area contributed by atoms with Crippen LogP contribution in [-0.4, -0.2) is 46.6 Å². The number of hydrogen-bond acceptors (Lipinski definition) is 4. The van der Waals surface area contributed by atoms with Crippen LogP contribution in [0.5, 0.6) is 0 Å². The molecule has 0 saturated carbocycles. The minimum Gasteiger partial charge on any atom is -0.394 e. The molecule has 1 saturated heterocycles. The normalized spacial score (nSPS) is 34.3. The number of aliphatic hydroxyl groups excluding tert-OH is 2. The zero-order valence-corrected chi connectivity index (χ0v) is 15.1. The largest absolute Gasteiger partial charge is 0.394 e. The summed E-state index contributed by atoms with van der Waals surface area (Å²) in [7, 11) is 0. The summed E-state index contributed by atoms with van der Waals surface area (Å²) in [6.07, 6.45) is 5.11. The second-order valence-corrected chi connectivity index (χ2v) is 7.01. The Labute approximate surface area is 140 Å². The van der Waals surface area contributed by atoms with Gasteiger partial charge >= 0.3 is 0 Å². The Bertz CT molecular complexity index is 412. The number of carbonyl (C=O) groups is 1. The van der Waals surface area contributed by atoms with E-state index in [4.69, 9.17) is 4.74 Å². The van der Waals surface area contributed by atoms with E-state index in [-0.39, 0.29) is 36.5 Å². The van der Waals surface area contributed by atoms with Crippen molar-refractivity contribution >= 4 is 5.91 Å². The molecule has 6 atom stereocenters. The molecule has 0 aromatic heterocycles. The molecule has 0 radical (unpaired) electrons. The number of nitrogens with one attached hydrogen (secondary N) is 1. The average molecular weight is 327 g/mol. The van der Waals surface area contributed by atoms with E-state index in [9.17, 15) is 15.0 Å². The fourth-order valence-corrected chi connectivity index (χ4v) is 3.10. The number of amides is 1. The Morgan fingerprint density at radius 1 is 1.48 bits per heavy atom. The van der Waals surface area contributed by atoms with E-state index in [0.717, 1.165) is 19.3 Å². The van der Waals surface area contributed by atoms with Crippen molar-refractivity contribution in [2.45, 2.75) is 77.7 Å². The quantitative estimate of drug-likeness (QED) is 0.625. The van der Waals surface area contributed by atoms with Gasteiger partial charge in [0.25, 0.3) is 0 Å². The van der Waals surface area contributed by atoms with Crippen LogP contribution in [0.3, 0.4) is 0 Å². The molecular weight excluding hydrogens is 294 g/mol. The van der Waals surface area contributed by atoms with Gasteiger partial charge in [0, 0.05) is 6.08 Å². The minimum atomic E-state index is -0.860. The highest BCUT2D eigenvalue weighted by molar-refractivity contribution is 5.87. The van der Waals surface area contributed by atoms with Crippen LogP contribution in [0.15, 0.2) is 12.2 Å². The molecule has 0 unspecified atom stereocenters. The number of carbonyl (C=O) groups excluding carboxylic acids is 1. The highest BCUT2D eigenvalue weighted by Gasteiger charge is 2.42. The SMILES string of the molecule is CC[C@@H]1C[C@H](C)[C@@H](O)[C@](C)(/C=C/C(=O)N[C@H](CO)[C@@H](C)CC)O1. The zero-order chi connectivity index (χ0) is 17.6. The Morgan fingerprint density at radius 3 is 2.65 bits per heavy atom. The van der Waals surface area contributed by atoms with Crippen molar-refractivity contribution in [1.29, 1.82) is 0 Å². The van der Waals surface area contributed by atoms with Crippen molar-refractivity contribution in [3.63, 3.8) is 0 Å². The van der Waals surface area contributed by atoms with Crippen LogP contribution in [-0.2, 0) is 9.53 Å². The van der Waals surface area contributed by atoms with E-state index < -0.39 is 11.7 Å². The summed E-state index contributed by atoms with van der Waals surface area (Å²) < 4.78 is 5.99. The summed E-state index contributed by atoms with van der Waals surface area (Å²) >= 11 is 0. The predicted octanol–water partition coefficient (Wildman–Crippen LogP) is 2.02. The van der Waals surface area contributed by atoms with Gasteiger partial charge in [-0.05, 0) is 37.7 Å². The maximum atomic E-state index is 12.1. The van der Waals surface area contributed by atoms with Crippen LogP contribution in [0, 0.1) is 11.8 Å². The topological polar surface area (TPSA) is 78.8 Å². The number of aliphatic hydroxyl groups is 2. The Balaban J connectivity index is 2.74. The van der Waals surface area contributed by atoms with Crippen LogP contribution in [0.25, 0.3) is 0 Å². The van der Waals surface area contributed by atoms with Crippen LogP contribution in [0.2, 0.25) is 0 Å². The van der Waals surface area contributed by atoms with Gasteiger partial charge in [0.15, 0.2) is 0 Å². The van der Waals surface area contributed by atoms with E-state index in [2.05, 4.69) is 12.2 Å². The maximum absolute atomic E-state index is 12.1. The molecule has 0 bridgehead atoms. The lowest BCUT2D eigenvalue weighted by molar-refractivity contribution is -0.176. The first-order valence-electron chi connectivity index (χ1n) is 8.73. The molecule has 1 fully saturated rings. The molecule has 0 spiro atoms. The molecular formula is C18H33NO4. The van der Waals surface area contributed by atoms with E-state index in [1.807, 2.05) is 27.7 Å². The van der Waals surface area contributed by atoms with Crippen LogP contribution < -0.4 is 5.32 Å². The second kappa shape index (κ2) is 8.81. The average Bonchev–Trinajstić information content (AvgIpc) is 2.54. The highest BCUT2D eigenvalue weighted by atomic mass is 16.5. The van der Waals surface area contributed by atoms with E-state index in [1.165, 1.54) is 6.08 Å². The van der Waals surface area contributed by atoms with Crippen molar-refractivity contribution in [3.8, 4) is 0 Å². The molecule has 5 heteroatoms. The molecule has 1 amide bonds. The lowest BCUT2D eigenvalue weighted by Gasteiger charge is -2.44. The fraction of sp³-hybridized carbons (Fsp3) is 0.833. The van der Waals surface area contributed by atoms with Crippen LogP contribution >= 0.6 is 0 Å². The summed E-state index contributed by atoms with van der Waals surface area (Å²) in [4.78, 5) is 12.1. The first-order valence-corrected chi connectivity index (χ1v) is 8.73. The second-order valence-electron chi connectivity index (χ2n) is 7.01. The summed E-state index contributed by atoms with van der Waals surface area (Å²) in [5.74, 6) is 0.0540. The monoisotopic (exact) mass is 327 g/mol. The lowest BCUT2D eigenvalue weighted by Crippen LogP contribution is -2.52. The molecule has 23 heavy (non-hydrogen) atoms. The van der Waals surface area contributed by atoms with Crippen LogP contribution in [0.4, 0.5) is 0 Å². The number of hydrogen-bond donors (Lipinski definition) is 3. The predicted molar refractivity (Wildman–Crippen MR) is 91.0 cm³/mol. The summed E-state index contributed by atoms with van der Waals surface area (Å²) in [6, 6.07) is -0.260. The van der Waals surface area contributed by atoms with Gasteiger partial charge in [-0.15, -0.1) is 0 Å². The smallest absolute Gasteiger partial charge is 0.244 e. The molecule has 0 aliphatic carbocycles. The minimum absolute atomic E-state index is 0.0834. The molecule has 1 heterocycles. The summed E-state index contributed by atoms with van der Waals surface area (Å²) in [6.45, 7) is 9.82. The van der Waals surface area contributed by atoms with Gasteiger partial charge in [0.05, 0.1) is 24.9 Å². The Hall–Kier alpha value is -0.910. The van der Waals surface area contributed by atoms with Gasteiger partial charge < -0.3 is 20.3 Å². The third kappa shape index (κ3) is 5.30. The molecule has 3 N–H and O–H groups in total. The first kappa shape index (κ1) is 20.1. The van der Waals surface area contributed by atoms with Crippen molar-refractivity contribution in [2.75, 3.05) is 6.61 Å². The molecule has 1 aliphatic heterocycles. The maximum Gasteiger partial charge on any atom is 0.244 e. The van der Waals surface area contributed by atoms with Crippen molar-refractivity contribution in [3.05, 3.63) is 12.2 Å². The highest BCUT2D eigenvalue weighted by Crippen LogP contribution is 2.35. The van der Waals surface area contributed by atoms with Gasteiger partial charge in [-0.25, -0.2) is 0 Å². The van der Waals surface area contributed by atoms with Gasteiger partial charge in [0.1, 0.15) is 5.60 Å². The first-order chi connectivity index (χ1) is 10.8. The number of ether oxygens (including phenoxy) is 1. The molecule has 0 aromatic rings. The molecule has 1 rings (SSSR count). The van der Waals surface area contributed by atoms with E-state index >= 15 is 0 Å². The van der Waals surface area contributed by atoms with Crippen molar-refractivity contribution in [1.82, 2.24) is 5.32 Å². The molecule has 1 aliphatic rings.